The quantitative estimate of drug-likeness (QED) is 0.874. The molecule has 6 heteroatoms. The summed E-state index contributed by atoms with van der Waals surface area (Å²) in [5, 5.41) is 7.04. The summed E-state index contributed by atoms with van der Waals surface area (Å²) in [4.78, 5) is 11.1. The lowest BCUT2D eigenvalue weighted by molar-refractivity contribution is 0.100. The number of rotatable bonds is 4. The van der Waals surface area contributed by atoms with Gasteiger partial charge in [-0.25, -0.2) is 9.07 Å². The van der Waals surface area contributed by atoms with E-state index in [9.17, 15) is 9.18 Å². The van der Waals surface area contributed by atoms with Crippen LogP contribution in [-0.4, -0.2) is 22.7 Å². The van der Waals surface area contributed by atoms with E-state index in [-0.39, 0.29) is 17.4 Å². The van der Waals surface area contributed by atoms with Gasteiger partial charge in [-0.3, -0.25) is 4.79 Å². The van der Waals surface area contributed by atoms with Crippen LogP contribution in [0.3, 0.4) is 0 Å². The summed E-state index contributed by atoms with van der Waals surface area (Å²) in [5.41, 5.74) is 6.53. The molecule has 0 spiro atoms. The minimum Gasteiger partial charge on any atom is -0.366 e. The minimum absolute atomic E-state index is 0.183. The van der Waals surface area contributed by atoms with Crippen LogP contribution in [-0.2, 0) is 0 Å². The van der Waals surface area contributed by atoms with Gasteiger partial charge in [0.05, 0.1) is 17.4 Å². The molecule has 100 valence electrons. The normalized spacial score (nSPS) is 12.4. The highest BCUT2D eigenvalue weighted by molar-refractivity contribution is 5.92. The van der Waals surface area contributed by atoms with Crippen LogP contribution in [0.4, 0.5) is 4.39 Å². The van der Waals surface area contributed by atoms with Crippen molar-refractivity contribution in [3.8, 4) is 5.69 Å². The Labute approximate surface area is 110 Å². The number of nitrogens with zero attached hydrogens (tertiary/aromatic N) is 2. The van der Waals surface area contributed by atoms with Crippen LogP contribution in [0, 0.1) is 5.82 Å². The van der Waals surface area contributed by atoms with Crippen LogP contribution in [0.1, 0.15) is 28.9 Å². The maximum atomic E-state index is 14.0. The molecule has 1 amide bonds. The van der Waals surface area contributed by atoms with Crippen molar-refractivity contribution in [1.29, 1.82) is 0 Å². The fourth-order valence-corrected chi connectivity index (χ4v) is 1.88. The first kappa shape index (κ1) is 13.2. The van der Waals surface area contributed by atoms with E-state index in [4.69, 9.17) is 5.73 Å². The van der Waals surface area contributed by atoms with Crippen molar-refractivity contribution < 1.29 is 9.18 Å². The van der Waals surface area contributed by atoms with Gasteiger partial charge in [0.25, 0.3) is 5.91 Å². The smallest absolute Gasteiger partial charge is 0.251 e. The lowest BCUT2D eigenvalue weighted by atomic mass is 10.1. The molecule has 5 nitrogen and oxygen atoms in total. The first-order valence-electron chi connectivity index (χ1n) is 5.85. The number of halogens is 1. The Morgan fingerprint density at radius 3 is 2.84 bits per heavy atom. The highest BCUT2D eigenvalue weighted by Gasteiger charge is 2.16. The standard InChI is InChI=1S/C13H15FN4O/c1-8(16-2)12-10(14)4-3-5-11(12)18-7-9(6-17-18)13(15)19/h3-8,16H,1-2H3,(H2,15,19). The number of benzene rings is 1. The predicted octanol–water partition coefficient (Wildman–Crippen LogP) is 1.39. The lowest BCUT2D eigenvalue weighted by Crippen LogP contribution is -2.17. The van der Waals surface area contributed by atoms with Gasteiger partial charge in [-0.05, 0) is 26.1 Å². The SMILES string of the molecule is CNC(C)c1c(F)cccc1-n1cc(C(N)=O)cn1. The van der Waals surface area contributed by atoms with Gasteiger partial charge < -0.3 is 11.1 Å². The van der Waals surface area contributed by atoms with Crippen molar-refractivity contribution in [2.45, 2.75) is 13.0 Å². The summed E-state index contributed by atoms with van der Waals surface area (Å²) in [6.07, 6.45) is 2.85. The highest BCUT2D eigenvalue weighted by Crippen LogP contribution is 2.24. The van der Waals surface area contributed by atoms with E-state index in [1.54, 1.807) is 19.2 Å². The molecular formula is C13H15FN4O. The molecule has 0 aliphatic rings. The van der Waals surface area contributed by atoms with Gasteiger partial charge in [-0.15, -0.1) is 0 Å². The van der Waals surface area contributed by atoms with E-state index in [0.717, 1.165) is 0 Å². The largest absolute Gasteiger partial charge is 0.366 e. The fraction of sp³-hybridized carbons (Fsp3) is 0.231. The zero-order valence-electron chi connectivity index (χ0n) is 10.7. The summed E-state index contributed by atoms with van der Waals surface area (Å²) in [6.45, 7) is 1.85. The van der Waals surface area contributed by atoms with Crippen LogP contribution >= 0.6 is 0 Å². The first-order valence-corrected chi connectivity index (χ1v) is 5.85. The molecule has 1 heterocycles. The van der Waals surface area contributed by atoms with Crippen molar-refractivity contribution in [2.75, 3.05) is 7.05 Å². The topological polar surface area (TPSA) is 72.9 Å². The molecule has 0 saturated carbocycles. The average Bonchev–Trinajstić information content (AvgIpc) is 2.87. The molecular weight excluding hydrogens is 247 g/mol. The van der Waals surface area contributed by atoms with Gasteiger partial charge in [-0.2, -0.15) is 5.10 Å². The van der Waals surface area contributed by atoms with E-state index in [1.165, 1.54) is 23.1 Å². The Kier molecular flexibility index (Phi) is 3.62. The van der Waals surface area contributed by atoms with Crippen LogP contribution in [0.15, 0.2) is 30.6 Å². The van der Waals surface area contributed by atoms with Crippen LogP contribution in [0.5, 0.6) is 0 Å². The van der Waals surface area contributed by atoms with Crippen molar-refractivity contribution in [3.63, 3.8) is 0 Å². The van der Waals surface area contributed by atoms with Crippen molar-refractivity contribution in [1.82, 2.24) is 15.1 Å². The second kappa shape index (κ2) is 5.19. The number of primary amides is 1. The summed E-state index contributed by atoms with van der Waals surface area (Å²) < 4.78 is 15.4. The second-order valence-corrected chi connectivity index (χ2v) is 4.22. The summed E-state index contributed by atoms with van der Waals surface area (Å²) in [5.74, 6) is -0.888. The third-order valence-corrected chi connectivity index (χ3v) is 3.01. The average molecular weight is 262 g/mol. The Morgan fingerprint density at radius 2 is 2.26 bits per heavy atom. The number of nitrogens with two attached hydrogens (primary N) is 1. The molecule has 0 saturated heterocycles. The third kappa shape index (κ3) is 2.48. The van der Waals surface area contributed by atoms with Gasteiger partial charge in [0, 0.05) is 17.8 Å². The highest BCUT2D eigenvalue weighted by atomic mass is 19.1. The van der Waals surface area contributed by atoms with E-state index >= 15 is 0 Å². The van der Waals surface area contributed by atoms with Gasteiger partial charge in [0.2, 0.25) is 0 Å². The van der Waals surface area contributed by atoms with E-state index in [2.05, 4.69) is 10.4 Å². The Morgan fingerprint density at radius 1 is 1.53 bits per heavy atom. The number of nitrogens with one attached hydrogen (secondary N) is 1. The van der Waals surface area contributed by atoms with E-state index in [0.29, 0.717) is 11.3 Å². The molecule has 2 aromatic rings. The zero-order valence-corrected chi connectivity index (χ0v) is 10.7. The molecule has 1 atom stereocenters. The molecule has 0 aliphatic heterocycles. The summed E-state index contributed by atoms with van der Waals surface area (Å²) in [6, 6.07) is 4.55. The molecule has 1 unspecified atom stereocenters. The van der Waals surface area contributed by atoms with Gasteiger partial charge >= 0.3 is 0 Å². The maximum absolute atomic E-state index is 14.0. The lowest BCUT2D eigenvalue weighted by Gasteiger charge is -2.16. The zero-order chi connectivity index (χ0) is 14.0. The molecule has 0 radical (unpaired) electrons. The molecule has 2 rings (SSSR count). The van der Waals surface area contributed by atoms with E-state index < -0.39 is 5.91 Å². The van der Waals surface area contributed by atoms with E-state index in [1.807, 2.05) is 6.92 Å². The monoisotopic (exact) mass is 262 g/mol. The van der Waals surface area contributed by atoms with Crippen LogP contribution in [0.25, 0.3) is 5.69 Å². The number of carbonyl (C=O) groups is 1. The number of aromatic nitrogens is 2. The number of hydrogen-bond acceptors (Lipinski definition) is 3. The Balaban J connectivity index is 2.54. The second-order valence-electron chi connectivity index (χ2n) is 4.22. The van der Waals surface area contributed by atoms with Gasteiger partial charge in [-0.1, -0.05) is 6.07 Å². The summed E-state index contributed by atoms with van der Waals surface area (Å²) >= 11 is 0. The Bertz CT molecular complexity index is 608. The summed E-state index contributed by atoms with van der Waals surface area (Å²) in [7, 11) is 1.75. The van der Waals surface area contributed by atoms with Crippen molar-refractivity contribution >= 4 is 5.91 Å². The molecule has 0 fully saturated rings. The number of carbonyl (C=O) groups excluding carboxylic acids is 1. The molecule has 3 N–H and O–H groups in total. The molecule has 1 aromatic heterocycles. The molecule has 0 bridgehead atoms. The van der Waals surface area contributed by atoms with Crippen molar-refractivity contribution in [2.24, 2.45) is 5.73 Å². The third-order valence-electron chi connectivity index (χ3n) is 3.01. The Hall–Kier alpha value is -2.21. The number of amides is 1. The predicted molar refractivity (Wildman–Crippen MR) is 69.5 cm³/mol. The van der Waals surface area contributed by atoms with Crippen LogP contribution < -0.4 is 11.1 Å². The van der Waals surface area contributed by atoms with Gasteiger partial charge in [0.15, 0.2) is 0 Å². The van der Waals surface area contributed by atoms with Crippen molar-refractivity contribution in [3.05, 3.63) is 47.5 Å². The fourth-order valence-electron chi connectivity index (χ4n) is 1.88. The molecule has 0 aliphatic carbocycles. The molecule has 19 heavy (non-hydrogen) atoms. The maximum Gasteiger partial charge on any atom is 0.251 e. The first-order chi connectivity index (χ1) is 9.04. The van der Waals surface area contributed by atoms with Gasteiger partial charge in [0.1, 0.15) is 5.82 Å². The minimum atomic E-state index is -0.564. The number of hydrogen-bond donors (Lipinski definition) is 2. The molecule has 1 aromatic carbocycles. The van der Waals surface area contributed by atoms with Crippen LogP contribution in [0.2, 0.25) is 0 Å².